The van der Waals surface area contributed by atoms with Crippen LogP contribution in [-0.2, 0) is 9.53 Å². The lowest BCUT2D eigenvalue weighted by atomic mass is 9.75. The van der Waals surface area contributed by atoms with Crippen LogP contribution in [0.2, 0.25) is 0 Å². The topological polar surface area (TPSA) is 55.8 Å². The maximum absolute atomic E-state index is 11.5. The highest BCUT2D eigenvalue weighted by Crippen LogP contribution is 2.48. The van der Waals surface area contributed by atoms with Gasteiger partial charge in [-0.15, -0.1) is 0 Å². The molecule has 4 heteroatoms. The fraction of sp³-hybridized carbons (Fsp3) is 0.526. The third-order valence-electron chi connectivity index (χ3n) is 5.28. The molecule has 1 aliphatic heterocycles. The van der Waals surface area contributed by atoms with E-state index in [0.29, 0.717) is 18.6 Å². The van der Waals surface area contributed by atoms with E-state index in [1.165, 1.54) is 6.42 Å². The van der Waals surface area contributed by atoms with Gasteiger partial charge in [-0.05, 0) is 31.7 Å². The minimum absolute atomic E-state index is 0.0993. The highest BCUT2D eigenvalue weighted by Gasteiger charge is 2.51. The molecule has 1 heterocycles. The molecule has 23 heavy (non-hydrogen) atoms. The van der Waals surface area contributed by atoms with Crippen LogP contribution in [-0.4, -0.2) is 22.6 Å². The minimum atomic E-state index is -0.714. The van der Waals surface area contributed by atoms with Gasteiger partial charge in [-0.1, -0.05) is 24.6 Å². The number of aliphatic hydroxyl groups excluding tert-OH is 1. The molecule has 0 bridgehead atoms. The van der Waals surface area contributed by atoms with Crippen LogP contribution in [0.1, 0.15) is 56.6 Å². The second kappa shape index (κ2) is 5.68. The Hall–Kier alpha value is -1.81. The molecule has 1 N–H and O–H groups in total. The van der Waals surface area contributed by atoms with Crippen molar-refractivity contribution in [3.8, 4) is 5.75 Å². The Morgan fingerprint density at radius 2 is 1.91 bits per heavy atom. The predicted molar refractivity (Wildman–Crippen MR) is 85.0 cm³/mol. The van der Waals surface area contributed by atoms with Gasteiger partial charge in [0.25, 0.3) is 0 Å². The zero-order chi connectivity index (χ0) is 15.9. The second-order valence-electron chi connectivity index (χ2n) is 6.83. The molecule has 4 nitrogen and oxygen atoms in total. The van der Waals surface area contributed by atoms with E-state index < -0.39 is 17.8 Å². The van der Waals surface area contributed by atoms with Crippen molar-refractivity contribution in [2.75, 3.05) is 0 Å². The predicted octanol–water partition coefficient (Wildman–Crippen LogP) is 3.45. The third-order valence-corrected chi connectivity index (χ3v) is 5.28. The SMILES string of the molecule is O=C1C=C(O[C@@H]2c3ccccc3OC3(CCCCC3)[C@H]2O)CC1. The summed E-state index contributed by atoms with van der Waals surface area (Å²) in [4.78, 5) is 11.5. The number of fused-ring (bicyclic) bond motifs is 1. The Morgan fingerprint density at radius 3 is 2.65 bits per heavy atom. The zero-order valence-electron chi connectivity index (χ0n) is 13.2. The molecular weight excluding hydrogens is 292 g/mol. The molecule has 0 saturated heterocycles. The van der Waals surface area contributed by atoms with Gasteiger partial charge in [0.2, 0.25) is 0 Å². The van der Waals surface area contributed by atoms with Crippen molar-refractivity contribution >= 4 is 5.78 Å². The summed E-state index contributed by atoms with van der Waals surface area (Å²) in [7, 11) is 0. The van der Waals surface area contributed by atoms with Crippen LogP contribution >= 0.6 is 0 Å². The number of ketones is 1. The average molecular weight is 314 g/mol. The Morgan fingerprint density at radius 1 is 1.13 bits per heavy atom. The molecule has 1 saturated carbocycles. The van der Waals surface area contributed by atoms with E-state index in [0.717, 1.165) is 37.0 Å². The molecule has 0 aromatic heterocycles. The summed E-state index contributed by atoms with van der Waals surface area (Å²) in [6, 6.07) is 7.76. The molecule has 1 spiro atoms. The molecule has 1 aromatic carbocycles. The van der Waals surface area contributed by atoms with Crippen molar-refractivity contribution in [2.45, 2.75) is 62.8 Å². The minimum Gasteiger partial charge on any atom is -0.487 e. The maximum atomic E-state index is 11.5. The summed E-state index contributed by atoms with van der Waals surface area (Å²) in [6.07, 6.45) is 6.52. The summed E-state index contributed by atoms with van der Waals surface area (Å²) in [6.45, 7) is 0. The van der Waals surface area contributed by atoms with Crippen LogP contribution in [0.4, 0.5) is 0 Å². The first-order chi connectivity index (χ1) is 11.2. The molecule has 0 amide bonds. The van der Waals surface area contributed by atoms with E-state index in [-0.39, 0.29) is 5.78 Å². The first-order valence-electron chi connectivity index (χ1n) is 8.54. The van der Waals surface area contributed by atoms with Crippen molar-refractivity contribution < 1.29 is 19.4 Å². The summed E-state index contributed by atoms with van der Waals surface area (Å²) < 4.78 is 12.4. The Balaban J connectivity index is 1.70. The number of carbonyl (C=O) groups excluding carboxylic acids is 1. The number of hydrogen-bond donors (Lipinski definition) is 1. The quantitative estimate of drug-likeness (QED) is 0.908. The second-order valence-corrected chi connectivity index (χ2v) is 6.83. The highest BCUT2D eigenvalue weighted by atomic mass is 16.5. The molecular formula is C19H22O4. The number of aliphatic hydroxyl groups is 1. The molecule has 2 atom stereocenters. The summed E-state index contributed by atoms with van der Waals surface area (Å²) in [5, 5.41) is 11.1. The normalized spacial score (nSPS) is 28.9. The van der Waals surface area contributed by atoms with E-state index in [4.69, 9.17) is 9.47 Å². The number of rotatable bonds is 2. The average Bonchev–Trinajstić information content (AvgIpc) is 2.98. The Kier molecular flexibility index (Phi) is 3.64. The smallest absolute Gasteiger partial charge is 0.159 e. The highest BCUT2D eigenvalue weighted by molar-refractivity contribution is 5.92. The van der Waals surface area contributed by atoms with E-state index in [9.17, 15) is 9.90 Å². The lowest BCUT2D eigenvalue weighted by molar-refractivity contribution is -0.150. The number of hydrogen-bond acceptors (Lipinski definition) is 4. The van der Waals surface area contributed by atoms with Crippen LogP contribution in [0.25, 0.3) is 0 Å². The summed E-state index contributed by atoms with van der Waals surface area (Å²) in [5.74, 6) is 1.58. The van der Waals surface area contributed by atoms with E-state index in [1.807, 2.05) is 24.3 Å². The fourth-order valence-corrected chi connectivity index (χ4v) is 4.04. The lowest BCUT2D eigenvalue weighted by Crippen LogP contribution is -2.54. The van der Waals surface area contributed by atoms with Gasteiger partial charge in [0, 0.05) is 24.5 Å². The molecule has 3 aliphatic rings. The molecule has 0 radical (unpaired) electrons. The lowest BCUT2D eigenvalue weighted by Gasteiger charge is -2.47. The number of benzene rings is 1. The zero-order valence-corrected chi connectivity index (χ0v) is 13.2. The Bertz CT molecular complexity index is 643. The van der Waals surface area contributed by atoms with E-state index in [1.54, 1.807) is 6.08 Å². The molecule has 0 unspecified atom stereocenters. The van der Waals surface area contributed by atoms with Crippen molar-refractivity contribution in [3.05, 3.63) is 41.7 Å². The van der Waals surface area contributed by atoms with Gasteiger partial charge in [0.05, 0.1) is 0 Å². The van der Waals surface area contributed by atoms with Crippen LogP contribution in [0.5, 0.6) is 5.75 Å². The van der Waals surface area contributed by atoms with Gasteiger partial charge in [-0.2, -0.15) is 0 Å². The van der Waals surface area contributed by atoms with Gasteiger partial charge in [0.1, 0.15) is 23.2 Å². The van der Waals surface area contributed by atoms with Gasteiger partial charge in [-0.25, -0.2) is 0 Å². The van der Waals surface area contributed by atoms with Gasteiger partial charge in [-0.3, -0.25) is 4.79 Å². The van der Waals surface area contributed by atoms with Crippen molar-refractivity contribution in [1.29, 1.82) is 0 Å². The number of carbonyl (C=O) groups is 1. The van der Waals surface area contributed by atoms with Crippen molar-refractivity contribution in [3.63, 3.8) is 0 Å². The van der Waals surface area contributed by atoms with Gasteiger partial charge < -0.3 is 14.6 Å². The first kappa shape index (κ1) is 14.8. The van der Waals surface area contributed by atoms with E-state index in [2.05, 4.69) is 0 Å². The molecule has 122 valence electrons. The standard InChI is InChI=1S/C19H22O4/c20-13-8-9-14(12-13)22-17-15-6-2-3-7-16(15)23-19(18(17)21)10-4-1-5-11-19/h2-3,6-7,12,17-18,21H,1,4-5,8-11H2/t17-,18+/m1/s1. The van der Waals surface area contributed by atoms with Crippen LogP contribution in [0.3, 0.4) is 0 Å². The molecule has 2 aliphatic carbocycles. The number of para-hydroxylation sites is 1. The number of ether oxygens (including phenoxy) is 2. The monoisotopic (exact) mass is 314 g/mol. The molecule has 4 rings (SSSR count). The summed E-state index contributed by atoms with van der Waals surface area (Å²) >= 11 is 0. The first-order valence-corrected chi connectivity index (χ1v) is 8.54. The van der Waals surface area contributed by atoms with Gasteiger partial charge >= 0.3 is 0 Å². The fourth-order valence-electron chi connectivity index (χ4n) is 4.04. The Labute approximate surface area is 136 Å². The van der Waals surface area contributed by atoms with Crippen molar-refractivity contribution in [1.82, 2.24) is 0 Å². The van der Waals surface area contributed by atoms with Crippen LogP contribution in [0.15, 0.2) is 36.1 Å². The molecule has 1 fully saturated rings. The van der Waals surface area contributed by atoms with Gasteiger partial charge in [0.15, 0.2) is 11.9 Å². The van der Waals surface area contributed by atoms with E-state index >= 15 is 0 Å². The van der Waals surface area contributed by atoms with Crippen LogP contribution in [0, 0.1) is 0 Å². The maximum Gasteiger partial charge on any atom is 0.159 e. The van der Waals surface area contributed by atoms with Crippen LogP contribution < -0.4 is 4.74 Å². The van der Waals surface area contributed by atoms with Crippen molar-refractivity contribution in [2.24, 2.45) is 0 Å². The largest absolute Gasteiger partial charge is 0.487 e. The number of allylic oxidation sites excluding steroid dienone is 2. The molecule has 1 aromatic rings. The summed E-state index contributed by atoms with van der Waals surface area (Å²) in [5.41, 5.74) is 0.317. The third kappa shape index (κ3) is 2.55.